The summed E-state index contributed by atoms with van der Waals surface area (Å²) in [6, 6.07) is 7.89. The Bertz CT molecular complexity index is 497. The van der Waals surface area contributed by atoms with Crippen molar-refractivity contribution in [1.82, 2.24) is 0 Å². The Balaban J connectivity index is 2.20. The Kier molecular flexibility index (Phi) is 4.28. The van der Waals surface area contributed by atoms with Crippen LogP contribution in [0.2, 0.25) is 5.02 Å². The maximum atomic E-state index is 6.03. The zero-order chi connectivity index (χ0) is 13.0. The fourth-order valence-electron chi connectivity index (χ4n) is 2.02. The molecule has 96 valence electrons. The Labute approximate surface area is 112 Å². The van der Waals surface area contributed by atoms with Crippen molar-refractivity contribution in [3.05, 3.63) is 52.9 Å². The van der Waals surface area contributed by atoms with E-state index in [1.807, 2.05) is 24.3 Å². The minimum atomic E-state index is 0.618. The number of furan rings is 1. The van der Waals surface area contributed by atoms with Crippen LogP contribution in [0.1, 0.15) is 11.1 Å². The van der Waals surface area contributed by atoms with Gasteiger partial charge in [-0.05, 0) is 42.8 Å². The summed E-state index contributed by atoms with van der Waals surface area (Å²) in [4.78, 5) is 2.17. The largest absolute Gasteiger partial charge is 0.472 e. The highest BCUT2D eigenvalue weighted by Gasteiger charge is 2.09. The van der Waals surface area contributed by atoms with E-state index in [0.29, 0.717) is 6.54 Å². The number of halogens is 1. The van der Waals surface area contributed by atoms with Crippen molar-refractivity contribution in [1.29, 1.82) is 0 Å². The molecular weight excluding hydrogens is 248 g/mol. The Hall–Kier alpha value is -1.45. The quantitative estimate of drug-likeness (QED) is 0.903. The zero-order valence-corrected chi connectivity index (χ0v) is 11.2. The second kappa shape index (κ2) is 5.94. The van der Waals surface area contributed by atoms with Crippen LogP contribution in [-0.2, 0) is 13.0 Å². The number of rotatable bonds is 5. The van der Waals surface area contributed by atoms with E-state index in [0.717, 1.165) is 29.2 Å². The van der Waals surface area contributed by atoms with Crippen molar-refractivity contribution in [2.24, 2.45) is 5.73 Å². The van der Waals surface area contributed by atoms with Crippen LogP contribution in [0.4, 0.5) is 5.69 Å². The molecule has 0 saturated heterocycles. The highest BCUT2D eigenvalue weighted by Crippen LogP contribution is 2.25. The fourth-order valence-corrected chi connectivity index (χ4v) is 2.22. The first-order valence-electron chi connectivity index (χ1n) is 5.91. The normalized spacial score (nSPS) is 10.6. The monoisotopic (exact) mass is 264 g/mol. The smallest absolute Gasteiger partial charge is 0.0952 e. The van der Waals surface area contributed by atoms with E-state index in [-0.39, 0.29) is 0 Å². The predicted molar refractivity (Wildman–Crippen MR) is 75.0 cm³/mol. The third kappa shape index (κ3) is 3.06. The number of hydrogen-bond acceptors (Lipinski definition) is 3. The summed E-state index contributed by atoms with van der Waals surface area (Å²) in [6.07, 6.45) is 4.27. The van der Waals surface area contributed by atoms with Gasteiger partial charge in [0, 0.05) is 29.9 Å². The fraction of sp³-hybridized carbons (Fsp3) is 0.286. The molecule has 0 amide bonds. The molecule has 0 aliphatic heterocycles. The van der Waals surface area contributed by atoms with Gasteiger partial charge in [0.05, 0.1) is 12.5 Å². The maximum absolute atomic E-state index is 6.03. The van der Waals surface area contributed by atoms with Crippen LogP contribution in [0.3, 0.4) is 0 Å². The van der Waals surface area contributed by atoms with Gasteiger partial charge in [-0.1, -0.05) is 11.6 Å². The molecule has 0 saturated carbocycles. The lowest BCUT2D eigenvalue weighted by Crippen LogP contribution is -2.18. The van der Waals surface area contributed by atoms with Crippen LogP contribution < -0.4 is 10.6 Å². The lowest BCUT2D eigenvalue weighted by atomic mass is 10.1. The molecule has 0 aliphatic carbocycles. The third-order valence-corrected chi connectivity index (χ3v) is 3.10. The number of nitrogens with zero attached hydrogens (tertiary/aromatic N) is 1. The van der Waals surface area contributed by atoms with Gasteiger partial charge in [0.25, 0.3) is 0 Å². The maximum Gasteiger partial charge on any atom is 0.0952 e. The van der Waals surface area contributed by atoms with Gasteiger partial charge in [-0.2, -0.15) is 0 Å². The van der Waals surface area contributed by atoms with E-state index < -0.39 is 0 Å². The highest BCUT2D eigenvalue weighted by molar-refractivity contribution is 6.30. The molecule has 18 heavy (non-hydrogen) atoms. The van der Waals surface area contributed by atoms with Crippen LogP contribution >= 0.6 is 11.6 Å². The molecule has 0 unspecified atom stereocenters. The summed E-state index contributed by atoms with van der Waals surface area (Å²) in [6.45, 7) is 1.42. The summed E-state index contributed by atoms with van der Waals surface area (Å²) in [7, 11) is 2.05. The lowest BCUT2D eigenvalue weighted by molar-refractivity contribution is 0.563. The average molecular weight is 265 g/mol. The van der Waals surface area contributed by atoms with E-state index in [9.17, 15) is 0 Å². The molecule has 0 aliphatic rings. The molecule has 2 N–H and O–H groups in total. The average Bonchev–Trinajstić information content (AvgIpc) is 2.82. The van der Waals surface area contributed by atoms with Gasteiger partial charge in [0.15, 0.2) is 0 Å². The topological polar surface area (TPSA) is 42.4 Å². The van der Waals surface area contributed by atoms with Crippen LogP contribution in [0.15, 0.2) is 41.2 Å². The van der Waals surface area contributed by atoms with Crippen molar-refractivity contribution >= 4 is 17.3 Å². The number of anilines is 1. The second-order valence-corrected chi connectivity index (χ2v) is 4.74. The highest BCUT2D eigenvalue weighted by atomic mass is 35.5. The number of nitrogens with two attached hydrogens (primary N) is 1. The van der Waals surface area contributed by atoms with Crippen molar-refractivity contribution in [2.45, 2.75) is 13.0 Å². The lowest BCUT2D eigenvalue weighted by Gasteiger charge is -2.22. The minimum absolute atomic E-state index is 0.618. The molecule has 1 aromatic heterocycles. The van der Waals surface area contributed by atoms with Gasteiger partial charge in [0.2, 0.25) is 0 Å². The molecule has 0 spiro atoms. The molecule has 3 nitrogen and oxygen atoms in total. The molecule has 0 atom stereocenters. The second-order valence-electron chi connectivity index (χ2n) is 4.30. The molecule has 1 heterocycles. The van der Waals surface area contributed by atoms with Gasteiger partial charge < -0.3 is 15.1 Å². The number of hydrogen-bond donors (Lipinski definition) is 1. The third-order valence-electron chi connectivity index (χ3n) is 2.87. The summed E-state index contributed by atoms with van der Waals surface area (Å²) >= 11 is 6.03. The molecule has 0 fully saturated rings. The number of benzene rings is 1. The Morgan fingerprint density at radius 2 is 2.17 bits per heavy atom. The van der Waals surface area contributed by atoms with Crippen molar-refractivity contribution in [3.8, 4) is 0 Å². The zero-order valence-electron chi connectivity index (χ0n) is 10.4. The molecule has 1 aromatic carbocycles. The Morgan fingerprint density at radius 1 is 1.33 bits per heavy atom. The molecular formula is C14H17ClN2O. The first-order chi connectivity index (χ1) is 8.70. The summed E-state index contributed by atoms with van der Waals surface area (Å²) < 4.78 is 5.08. The predicted octanol–water partition coefficient (Wildman–Crippen LogP) is 3.07. The van der Waals surface area contributed by atoms with Crippen molar-refractivity contribution in [3.63, 3.8) is 0 Å². The van der Waals surface area contributed by atoms with Crippen LogP contribution in [0.5, 0.6) is 0 Å². The van der Waals surface area contributed by atoms with Gasteiger partial charge in [-0.15, -0.1) is 0 Å². The summed E-state index contributed by atoms with van der Waals surface area (Å²) in [5.74, 6) is 0. The first-order valence-corrected chi connectivity index (χ1v) is 6.29. The molecule has 4 heteroatoms. The van der Waals surface area contributed by atoms with E-state index in [1.54, 1.807) is 12.5 Å². The molecule has 0 bridgehead atoms. The van der Waals surface area contributed by atoms with E-state index in [4.69, 9.17) is 21.8 Å². The SMILES string of the molecule is CN(Cc1ccoc1)c1ccc(Cl)cc1CCN. The molecule has 2 aromatic rings. The Morgan fingerprint density at radius 3 is 2.83 bits per heavy atom. The van der Waals surface area contributed by atoms with Gasteiger partial charge in [-0.25, -0.2) is 0 Å². The van der Waals surface area contributed by atoms with Crippen molar-refractivity contribution in [2.75, 3.05) is 18.5 Å². The van der Waals surface area contributed by atoms with Gasteiger partial charge in [0.1, 0.15) is 0 Å². The first kappa shape index (κ1) is 13.0. The van der Waals surface area contributed by atoms with Crippen LogP contribution in [-0.4, -0.2) is 13.6 Å². The van der Waals surface area contributed by atoms with Crippen LogP contribution in [0.25, 0.3) is 0 Å². The standard InChI is InChI=1S/C14H17ClN2O/c1-17(9-11-5-7-18-10-11)14-3-2-13(15)8-12(14)4-6-16/h2-3,5,7-8,10H,4,6,9,16H2,1H3. The van der Waals surface area contributed by atoms with E-state index in [2.05, 4.69) is 11.9 Å². The van der Waals surface area contributed by atoms with Gasteiger partial charge in [-0.3, -0.25) is 0 Å². The molecule has 2 rings (SSSR count). The summed E-state index contributed by atoms with van der Waals surface area (Å²) in [5.41, 5.74) is 9.12. The van der Waals surface area contributed by atoms with E-state index in [1.165, 1.54) is 5.56 Å². The van der Waals surface area contributed by atoms with Crippen molar-refractivity contribution < 1.29 is 4.42 Å². The van der Waals surface area contributed by atoms with Gasteiger partial charge >= 0.3 is 0 Å². The van der Waals surface area contributed by atoms with E-state index >= 15 is 0 Å². The van der Waals surface area contributed by atoms with Crippen LogP contribution in [0, 0.1) is 0 Å². The summed E-state index contributed by atoms with van der Waals surface area (Å²) in [5, 5.41) is 0.749. The molecule has 0 radical (unpaired) electrons. The minimum Gasteiger partial charge on any atom is -0.472 e.